The average Bonchev–Trinajstić information content (AvgIpc) is 2.79. The molecule has 1 saturated carbocycles. The molecule has 0 saturated heterocycles. The minimum atomic E-state index is 0.000963. The SMILES string of the molecule is COc1cccc(CCNC(=O)C2CCC(C(=O)N(C)c3ccccc3)CC2)c1. The monoisotopic (exact) mass is 394 g/mol. The zero-order chi connectivity index (χ0) is 20.6. The number of carbonyl (C=O) groups excluding carboxylic acids is 2. The number of anilines is 1. The highest BCUT2D eigenvalue weighted by atomic mass is 16.5. The minimum Gasteiger partial charge on any atom is -0.497 e. The van der Waals surface area contributed by atoms with Gasteiger partial charge in [0.05, 0.1) is 7.11 Å². The van der Waals surface area contributed by atoms with E-state index in [0.29, 0.717) is 6.54 Å². The molecule has 0 bridgehead atoms. The van der Waals surface area contributed by atoms with Crippen LogP contribution in [-0.2, 0) is 16.0 Å². The number of nitrogens with zero attached hydrogens (tertiary/aromatic N) is 1. The zero-order valence-corrected chi connectivity index (χ0v) is 17.3. The molecule has 3 rings (SSSR count). The van der Waals surface area contributed by atoms with E-state index in [1.807, 2.05) is 61.6 Å². The molecule has 2 aromatic rings. The lowest BCUT2D eigenvalue weighted by Crippen LogP contribution is -2.38. The summed E-state index contributed by atoms with van der Waals surface area (Å²) in [5, 5.41) is 3.06. The second kappa shape index (κ2) is 10.1. The molecule has 5 nitrogen and oxygen atoms in total. The third kappa shape index (κ3) is 5.59. The van der Waals surface area contributed by atoms with Crippen molar-refractivity contribution in [2.45, 2.75) is 32.1 Å². The molecule has 0 aromatic heterocycles. The zero-order valence-electron chi connectivity index (χ0n) is 17.3. The number of ether oxygens (including phenoxy) is 1. The van der Waals surface area contributed by atoms with Crippen molar-refractivity contribution in [1.82, 2.24) is 5.32 Å². The first-order valence-electron chi connectivity index (χ1n) is 10.3. The fourth-order valence-electron chi connectivity index (χ4n) is 3.96. The summed E-state index contributed by atoms with van der Waals surface area (Å²) in [6.45, 7) is 0.613. The van der Waals surface area contributed by atoms with Crippen molar-refractivity contribution < 1.29 is 14.3 Å². The Bertz CT molecular complexity index is 814. The van der Waals surface area contributed by atoms with E-state index in [4.69, 9.17) is 4.74 Å². The van der Waals surface area contributed by atoms with Gasteiger partial charge in [-0.05, 0) is 61.9 Å². The lowest BCUT2D eigenvalue weighted by atomic mass is 9.81. The molecule has 154 valence electrons. The third-order valence-electron chi connectivity index (χ3n) is 5.77. The van der Waals surface area contributed by atoms with E-state index >= 15 is 0 Å². The summed E-state index contributed by atoms with van der Waals surface area (Å²) < 4.78 is 5.23. The molecule has 2 aromatic carbocycles. The second-order valence-corrected chi connectivity index (χ2v) is 7.67. The Labute approximate surface area is 173 Å². The lowest BCUT2D eigenvalue weighted by Gasteiger charge is -2.30. The van der Waals surface area contributed by atoms with E-state index in [-0.39, 0.29) is 23.7 Å². The van der Waals surface area contributed by atoms with E-state index in [1.54, 1.807) is 12.0 Å². The summed E-state index contributed by atoms with van der Waals surface area (Å²) in [6, 6.07) is 17.6. The van der Waals surface area contributed by atoms with Gasteiger partial charge in [-0.3, -0.25) is 9.59 Å². The maximum absolute atomic E-state index is 12.8. The molecule has 29 heavy (non-hydrogen) atoms. The molecular formula is C24H30N2O3. The molecular weight excluding hydrogens is 364 g/mol. The predicted octanol–water partition coefficient (Wildman–Crippen LogP) is 3.82. The average molecular weight is 395 g/mol. The van der Waals surface area contributed by atoms with Crippen LogP contribution >= 0.6 is 0 Å². The number of carbonyl (C=O) groups is 2. The Morgan fingerprint density at radius 3 is 2.38 bits per heavy atom. The van der Waals surface area contributed by atoms with Crippen LogP contribution in [0, 0.1) is 11.8 Å². The van der Waals surface area contributed by atoms with Crippen LogP contribution in [0.15, 0.2) is 54.6 Å². The molecule has 0 unspecified atom stereocenters. The summed E-state index contributed by atoms with van der Waals surface area (Å²) in [7, 11) is 3.48. The van der Waals surface area contributed by atoms with E-state index in [1.165, 1.54) is 0 Å². The Morgan fingerprint density at radius 1 is 1.00 bits per heavy atom. The van der Waals surface area contributed by atoms with Gasteiger partial charge in [0.15, 0.2) is 0 Å². The first-order valence-corrected chi connectivity index (χ1v) is 10.3. The molecule has 0 aliphatic heterocycles. The molecule has 1 aliphatic carbocycles. The Morgan fingerprint density at radius 2 is 1.69 bits per heavy atom. The number of amides is 2. The summed E-state index contributed by atoms with van der Waals surface area (Å²) >= 11 is 0. The van der Waals surface area contributed by atoms with Gasteiger partial charge in [-0.15, -0.1) is 0 Å². The molecule has 0 spiro atoms. The number of para-hydroxylation sites is 1. The molecule has 0 heterocycles. The van der Waals surface area contributed by atoms with Crippen LogP contribution in [0.25, 0.3) is 0 Å². The third-order valence-corrected chi connectivity index (χ3v) is 5.77. The second-order valence-electron chi connectivity index (χ2n) is 7.67. The van der Waals surface area contributed by atoms with Gasteiger partial charge in [0.1, 0.15) is 5.75 Å². The maximum atomic E-state index is 12.8. The first kappa shape index (κ1) is 20.9. The molecule has 1 fully saturated rings. The van der Waals surface area contributed by atoms with Crippen LogP contribution in [0.5, 0.6) is 5.75 Å². The van der Waals surface area contributed by atoms with Crippen LogP contribution in [0.3, 0.4) is 0 Å². The number of rotatable bonds is 7. The number of methoxy groups -OCH3 is 1. The summed E-state index contributed by atoms with van der Waals surface area (Å²) in [6.07, 6.45) is 3.85. The van der Waals surface area contributed by atoms with Crippen molar-refractivity contribution in [3.8, 4) is 5.75 Å². The van der Waals surface area contributed by atoms with Crippen molar-refractivity contribution in [3.05, 3.63) is 60.2 Å². The lowest BCUT2D eigenvalue weighted by molar-refractivity contribution is -0.129. The van der Waals surface area contributed by atoms with Gasteiger partial charge in [0.2, 0.25) is 11.8 Å². The molecule has 1 N–H and O–H groups in total. The highest BCUT2D eigenvalue weighted by Crippen LogP contribution is 2.31. The summed E-state index contributed by atoms with van der Waals surface area (Å²) in [5.41, 5.74) is 2.05. The van der Waals surface area contributed by atoms with Crippen LogP contribution in [0.1, 0.15) is 31.2 Å². The normalized spacial score (nSPS) is 18.7. The molecule has 2 amide bonds. The predicted molar refractivity (Wildman–Crippen MR) is 115 cm³/mol. The van der Waals surface area contributed by atoms with E-state index in [9.17, 15) is 9.59 Å². The molecule has 0 atom stereocenters. The fraction of sp³-hybridized carbons (Fsp3) is 0.417. The van der Waals surface area contributed by atoms with E-state index < -0.39 is 0 Å². The van der Waals surface area contributed by atoms with Gasteiger partial charge in [-0.2, -0.15) is 0 Å². The van der Waals surface area contributed by atoms with Gasteiger partial charge in [-0.1, -0.05) is 30.3 Å². The topological polar surface area (TPSA) is 58.6 Å². The molecule has 0 radical (unpaired) electrons. The fourth-order valence-corrected chi connectivity index (χ4v) is 3.96. The van der Waals surface area contributed by atoms with Crippen molar-refractivity contribution in [2.24, 2.45) is 11.8 Å². The first-order chi connectivity index (χ1) is 14.1. The Kier molecular flexibility index (Phi) is 7.28. The number of benzene rings is 2. The standard InChI is InChI=1S/C24H30N2O3/c1-26(21-8-4-3-5-9-21)24(28)20-13-11-19(12-14-20)23(27)25-16-15-18-7-6-10-22(17-18)29-2/h3-10,17,19-20H,11-16H2,1-2H3,(H,25,27). The quantitative estimate of drug-likeness (QED) is 0.777. The maximum Gasteiger partial charge on any atom is 0.229 e. The number of hydrogen-bond acceptors (Lipinski definition) is 3. The Balaban J connectivity index is 1.42. The van der Waals surface area contributed by atoms with Crippen molar-refractivity contribution >= 4 is 17.5 Å². The number of hydrogen-bond donors (Lipinski definition) is 1. The van der Waals surface area contributed by atoms with Gasteiger partial charge >= 0.3 is 0 Å². The highest BCUT2D eigenvalue weighted by Gasteiger charge is 2.31. The minimum absolute atomic E-state index is 0.000963. The summed E-state index contributed by atoms with van der Waals surface area (Å²) in [5.74, 6) is 1.09. The van der Waals surface area contributed by atoms with Crippen LogP contribution in [0.4, 0.5) is 5.69 Å². The van der Waals surface area contributed by atoms with E-state index in [0.717, 1.165) is 49.1 Å². The van der Waals surface area contributed by atoms with Gasteiger partial charge in [0, 0.05) is 31.1 Å². The van der Waals surface area contributed by atoms with Crippen LogP contribution < -0.4 is 15.0 Å². The largest absolute Gasteiger partial charge is 0.497 e. The van der Waals surface area contributed by atoms with Crippen LogP contribution in [0.2, 0.25) is 0 Å². The summed E-state index contributed by atoms with van der Waals surface area (Å²) in [4.78, 5) is 27.0. The smallest absolute Gasteiger partial charge is 0.229 e. The van der Waals surface area contributed by atoms with Crippen molar-refractivity contribution in [1.29, 1.82) is 0 Å². The number of nitrogens with one attached hydrogen (secondary N) is 1. The van der Waals surface area contributed by atoms with Gasteiger partial charge in [-0.25, -0.2) is 0 Å². The van der Waals surface area contributed by atoms with Gasteiger partial charge < -0.3 is 15.0 Å². The van der Waals surface area contributed by atoms with Crippen LogP contribution in [-0.4, -0.2) is 32.5 Å². The van der Waals surface area contributed by atoms with Crippen molar-refractivity contribution in [2.75, 3.05) is 25.6 Å². The van der Waals surface area contributed by atoms with Gasteiger partial charge in [0.25, 0.3) is 0 Å². The molecule has 1 aliphatic rings. The van der Waals surface area contributed by atoms with E-state index in [2.05, 4.69) is 5.32 Å². The highest BCUT2D eigenvalue weighted by molar-refractivity contribution is 5.94. The van der Waals surface area contributed by atoms with Crippen molar-refractivity contribution in [3.63, 3.8) is 0 Å². The molecule has 5 heteroatoms. The Hall–Kier alpha value is -2.82.